The molecule has 0 saturated heterocycles. The number of rotatable bonds is 7. The van der Waals surface area contributed by atoms with E-state index in [1.54, 1.807) is 19.1 Å². The molecule has 1 atom stereocenters. The zero-order valence-electron chi connectivity index (χ0n) is 21.4. The van der Waals surface area contributed by atoms with E-state index in [0.29, 0.717) is 33.0 Å². The van der Waals surface area contributed by atoms with Crippen LogP contribution in [0.3, 0.4) is 0 Å². The third-order valence-corrected chi connectivity index (χ3v) is 7.62. The van der Waals surface area contributed by atoms with Crippen LogP contribution >= 0.6 is 22.9 Å². The molecule has 9 nitrogen and oxygen atoms in total. The number of fused-ring (bicyclic) bond motifs is 1. The highest BCUT2D eigenvalue weighted by Gasteiger charge is 2.34. The summed E-state index contributed by atoms with van der Waals surface area (Å²) in [6.45, 7) is 2.03. The Morgan fingerprint density at radius 3 is 2.65 bits per heavy atom. The second kappa shape index (κ2) is 11.3. The van der Waals surface area contributed by atoms with Crippen LogP contribution in [0.1, 0.15) is 29.7 Å². The zero-order chi connectivity index (χ0) is 28.4. The van der Waals surface area contributed by atoms with Gasteiger partial charge in [-0.05, 0) is 47.9 Å². The largest absolute Gasteiger partial charge is 0.489 e. The van der Waals surface area contributed by atoms with Gasteiger partial charge in [-0.3, -0.25) is 19.5 Å². The first-order valence-corrected chi connectivity index (χ1v) is 13.3. The zero-order valence-corrected chi connectivity index (χ0v) is 22.9. The van der Waals surface area contributed by atoms with E-state index in [1.807, 2.05) is 54.6 Å². The molecule has 202 valence electrons. The van der Waals surface area contributed by atoms with Gasteiger partial charge in [0.2, 0.25) is 0 Å². The van der Waals surface area contributed by atoms with Crippen molar-refractivity contribution in [2.45, 2.75) is 19.6 Å². The number of aromatic nitrogens is 1. The van der Waals surface area contributed by atoms with Crippen molar-refractivity contribution >= 4 is 40.7 Å². The average Bonchev–Trinajstić information content (AvgIpc) is 3.25. The number of carbonyl (C=O) groups excluding carboxylic acids is 1. The molecule has 0 aliphatic carbocycles. The molecule has 40 heavy (non-hydrogen) atoms. The Morgan fingerprint density at radius 2 is 1.93 bits per heavy atom. The normalized spacial score (nSPS) is 14.9. The molecule has 2 heterocycles. The summed E-state index contributed by atoms with van der Waals surface area (Å²) in [6.07, 6.45) is 1.72. The molecule has 1 aliphatic heterocycles. The number of nitro benzene ring substituents is 1. The molecule has 1 unspecified atom stereocenters. The lowest BCUT2D eigenvalue weighted by Gasteiger charge is -2.24. The quantitative estimate of drug-likeness (QED) is 0.181. The summed E-state index contributed by atoms with van der Waals surface area (Å²) in [6, 6.07) is 20.3. The van der Waals surface area contributed by atoms with Crippen molar-refractivity contribution in [1.82, 2.24) is 4.57 Å². The van der Waals surface area contributed by atoms with E-state index in [0.717, 1.165) is 22.5 Å². The van der Waals surface area contributed by atoms with E-state index < -0.39 is 22.5 Å². The number of halogens is 1. The number of nitro groups is 1. The molecule has 5 rings (SSSR count). The molecule has 11 heteroatoms. The van der Waals surface area contributed by atoms with Crippen LogP contribution in [0.25, 0.3) is 6.08 Å². The van der Waals surface area contributed by atoms with Gasteiger partial charge < -0.3 is 9.47 Å². The van der Waals surface area contributed by atoms with E-state index in [4.69, 9.17) is 21.1 Å². The minimum absolute atomic E-state index is 0.0594. The maximum absolute atomic E-state index is 13.8. The molecular weight excluding hydrogens is 554 g/mol. The minimum atomic E-state index is -0.998. The average molecular weight is 576 g/mol. The van der Waals surface area contributed by atoms with Gasteiger partial charge in [-0.15, -0.1) is 0 Å². The van der Waals surface area contributed by atoms with Crippen LogP contribution < -0.4 is 19.6 Å². The number of esters is 1. The third kappa shape index (κ3) is 5.31. The third-order valence-electron chi connectivity index (χ3n) is 6.31. The standard InChI is InChI=1S/C29H22ClN3O6S/c1-17-25(28(35)38-2)26(20-11-12-22(30)23(15-20)33(36)37)32-27(34)24(40-29(32)31-17)14-19-9-6-10-21(13-19)39-16-18-7-4-3-5-8-18/h3-15,26H,16H2,1-2H3. The number of carbonyl (C=O) groups is 1. The molecule has 0 N–H and O–H groups in total. The van der Waals surface area contributed by atoms with E-state index >= 15 is 0 Å². The number of nitrogens with zero attached hydrogens (tertiary/aromatic N) is 3. The first-order valence-electron chi connectivity index (χ1n) is 12.1. The van der Waals surface area contributed by atoms with Crippen molar-refractivity contribution in [1.29, 1.82) is 0 Å². The second-order valence-corrected chi connectivity index (χ2v) is 10.3. The fourth-order valence-corrected chi connectivity index (χ4v) is 5.67. The van der Waals surface area contributed by atoms with Gasteiger partial charge in [0.05, 0.1) is 33.9 Å². The first kappa shape index (κ1) is 27.0. The van der Waals surface area contributed by atoms with Crippen molar-refractivity contribution in [3.05, 3.63) is 136 Å². The number of ether oxygens (including phenoxy) is 2. The van der Waals surface area contributed by atoms with Crippen molar-refractivity contribution in [3.8, 4) is 5.75 Å². The van der Waals surface area contributed by atoms with Gasteiger partial charge in [-0.25, -0.2) is 9.79 Å². The Morgan fingerprint density at radius 1 is 1.15 bits per heavy atom. The maximum Gasteiger partial charge on any atom is 0.338 e. The topological polar surface area (TPSA) is 113 Å². The SMILES string of the molecule is COC(=O)C1=C(C)N=c2sc(=Cc3cccc(OCc4ccccc4)c3)c(=O)n2C1c1ccc(Cl)c([N+](=O)[O-])c1. The summed E-state index contributed by atoms with van der Waals surface area (Å²) in [5.41, 5.74) is 1.80. The Labute approximate surface area is 237 Å². The van der Waals surface area contributed by atoms with Gasteiger partial charge in [-0.2, -0.15) is 0 Å². The summed E-state index contributed by atoms with van der Waals surface area (Å²) < 4.78 is 12.6. The summed E-state index contributed by atoms with van der Waals surface area (Å²) in [5, 5.41) is 11.5. The van der Waals surface area contributed by atoms with Gasteiger partial charge in [-0.1, -0.05) is 71.5 Å². The summed E-state index contributed by atoms with van der Waals surface area (Å²) in [5.74, 6) is -0.0538. The van der Waals surface area contributed by atoms with Crippen LogP contribution in [0.2, 0.25) is 5.02 Å². The Balaban J connectivity index is 1.59. The van der Waals surface area contributed by atoms with Crippen LogP contribution in [0.15, 0.2) is 93.9 Å². The van der Waals surface area contributed by atoms with Crippen LogP contribution in [-0.2, 0) is 16.1 Å². The van der Waals surface area contributed by atoms with Crippen LogP contribution in [0.4, 0.5) is 5.69 Å². The predicted octanol–water partition coefficient (Wildman–Crippen LogP) is 4.55. The highest BCUT2D eigenvalue weighted by molar-refractivity contribution is 7.07. The van der Waals surface area contributed by atoms with Crippen molar-refractivity contribution < 1.29 is 19.2 Å². The number of hydrogen-bond donors (Lipinski definition) is 0. The summed E-state index contributed by atoms with van der Waals surface area (Å²) in [7, 11) is 1.22. The second-order valence-electron chi connectivity index (χ2n) is 8.89. The van der Waals surface area contributed by atoms with Crippen LogP contribution in [-0.4, -0.2) is 22.6 Å². The van der Waals surface area contributed by atoms with Crippen molar-refractivity contribution in [2.75, 3.05) is 7.11 Å². The van der Waals surface area contributed by atoms with Gasteiger partial charge >= 0.3 is 5.97 Å². The number of thiazole rings is 1. The molecule has 4 aromatic rings. The van der Waals surface area contributed by atoms with Gasteiger partial charge in [0.1, 0.15) is 17.4 Å². The van der Waals surface area contributed by atoms with E-state index in [-0.39, 0.29) is 16.3 Å². The molecule has 1 aromatic heterocycles. The van der Waals surface area contributed by atoms with Crippen LogP contribution in [0, 0.1) is 10.1 Å². The molecule has 0 saturated carbocycles. The Hall–Kier alpha value is -4.54. The number of hydrogen-bond acceptors (Lipinski definition) is 8. The summed E-state index contributed by atoms with van der Waals surface area (Å²) >= 11 is 7.19. The molecule has 0 amide bonds. The molecule has 0 spiro atoms. The maximum atomic E-state index is 13.8. The molecule has 1 aliphatic rings. The molecular formula is C29H22ClN3O6S. The predicted molar refractivity (Wildman–Crippen MR) is 151 cm³/mol. The minimum Gasteiger partial charge on any atom is -0.489 e. The fourth-order valence-electron chi connectivity index (χ4n) is 4.43. The van der Waals surface area contributed by atoms with Gasteiger partial charge in [0.15, 0.2) is 4.80 Å². The van der Waals surface area contributed by atoms with Gasteiger partial charge in [0, 0.05) is 6.07 Å². The monoisotopic (exact) mass is 575 g/mol. The van der Waals surface area contributed by atoms with E-state index in [1.165, 1.54) is 23.8 Å². The lowest BCUT2D eigenvalue weighted by atomic mass is 9.95. The smallest absolute Gasteiger partial charge is 0.338 e. The van der Waals surface area contributed by atoms with Crippen molar-refractivity contribution in [3.63, 3.8) is 0 Å². The molecule has 0 bridgehead atoms. The fraction of sp³-hybridized carbons (Fsp3) is 0.138. The molecule has 0 fully saturated rings. The highest BCUT2D eigenvalue weighted by atomic mass is 35.5. The van der Waals surface area contributed by atoms with Crippen molar-refractivity contribution in [2.24, 2.45) is 4.99 Å². The Kier molecular flexibility index (Phi) is 7.63. The number of allylic oxidation sites excluding steroid dienone is 1. The first-order chi connectivity index (χ1) is 19.3. The molecule has 3 aromatic carbocycles. The Bertz CT molecular complexity index is 1850. The summed E-state index contributed by atoms with van der Waals surface area (Å²) in [4.78, 5) is 42.4. The molecule has 0 radical (unpaired) electrons. The number of methoxy groups -OCH3 is 1. The van der Waals surface area contributed by atoms with Crippen LogP contribution in [0.5, 0.6) is 5.75 Å². The highest BCUT2D eigenvalue weighted by Crippen LogP contribution is 2.34. The van der Waals surface area contributed by atoms with Gasteiger partial charge in [0.25, 0.3) is 11.2 Å². The van der Waals surface area contributed by atoms with E-state index in [2.05, 4.69) is 4.99 Å². The number of benzene rings is 3. The lowest BCUT2D eigenvalue weighted by Crippen LogP contribution is -2.39. The van der Waals surface area contributed by atoms with E-state index in [9.17, 15) is 19.7 Å². The lowest BCUT2D eigenvalue weighted by molar-refractivity contribution is -0.384.